The molecule has 5 nitrogen and oxygen atoms in total. The Balaban J connectivity index is 2.42. The summed E-state index contributed by atoms with van der Waals surface area (Å²) >= 11 is 0. The maximum atomic E-state index is 11.2. The van der Waals surface area contributed by atoms with Crippen LogP contribution in [0.1, 0.15) is 39.0 Å². The Bertz CT molecular complexity index is 248. The van der Waals surface area contributed by atoms with Crippen molar-refractivity contribution in [1.82, 2.24) is 0 Å². The standard InChI is InChI=1S/C9H15N3O2/c1-2-4-9(13)14-8-6-3-5-7(8)11-12-10/h7-8H,2-6H2,1H3. The fraction of sp³-hybridized carbons (Fsp3) is 0.889. The Kier molecular flexibility index (Phi) is 4.26. The van der Waals surface area contributed by atoms with Gasteiger partial charge in [-0.2, -0.15) is 0 Å². The van der Waals surface area contributed by atoms with Gasteiger partial charge in [-0.3, -0.25) is 4.79 Å². The third-order valence-corrected chi connectivity index (χ3v) is 2.35. The molecule has 14 heavy (non-hydrogen) atoms. The average Bonchev–Trinajstić information content (AvgIpc) is 2.54. The maximum Gasteiger partial charge on any atom is 0.306 e. The van der Waals surface area contributed by atoms with E-state index in [1.54, 1.807) is 0 Å². The van der Waals surface area contributed by atoms with Crippen LogP contribution in [0.4, 0.5) is 0 Å². The summed E-state index contributed by atoms with van der Waals surface area (Å²) in [7, 11) is 0. The summed E-state index contributed by atoms with van der Waals surface area (Å²) in [4.78, 5) is 13.9. The van der Waals surface area contributed by atoms with Crippen molar-refractivity contribution in [2.75, 3.05) is 0 Å². The van der Waals surface area contributed by atoms with Gasteiger partial charge in [0.25, 0.3) is 0 Å². The molecule has 1 saturated carbocycles. The molecular formula is C9H15N3O2. The third-order valence-electron chi connectivity index (χ3n) is 2.35. The molecule has 2 unspecified atom stereocenters. The maximum absolute atomic E-state index is 11.2. The molecule has 0 aromatic carbocycles. The molecule has 1 rings (SSSR count). The molecule has 0 aromatic heterocycles. The van der Waals surface area contributed by atoms with Crippen LogP contribution in [0.25, 0.3) is 10.4 Å². The molecule has 1 aliphatic carbocycles. The van der Waals surface area contributed by atoms with Gasteiger partial charge < -0.3 is 4.74 Å². The summed E-state index contributed by atoms with van der Waals surface area (Å²) in [6.07, 6.45) is 3.66. The molecule has 1 aliphatic rings. The van der Waals surface area contributed by atoms with Crippen LogP contribution in [0.2, 0.25) is 0 Å². The summed E-state index contributed by atoms with van der Waals surface area (Å²) in [6.45, 7) is 1.93. The molecule has 0 N–H and O–H groups in total. The van der Waals surface area contributed by atoms with E-state index in [-0.39, 0.29) is 18.1 Å². The molecule has 0 radical (unpaired) electrons. The Labute approximate surface area is 83.1 Å². The molecule has 0 aliphatic heterocycles. The minimum Gasteiger partial charge on any atom is -0.462 e. The second kappa shape index (κ2) is 5.50. The first kappa shape index (κ1) is 10.9. The number of hydrogen-bond donors (Lipinski definition) is 0. The summed E-state index contributed by atoms with van der Waals surface area (Å²) in [6, 6.07) is -0.152. The topological polar surface area (TPSA) is 75.1 Å². The van der Waals surface area contributed by atoms with Crippen LogP contribution in [0.15, 0.2) is 5.11 Å². The van der Waals surface area contributed by atoms with Gasteiger partial charge in [0.15, 0.2) is 0 Å². The number of hydrogen-bond acceptors (Lipinski definition) is 3. The Hall–Kier alpha value is -1.22. The zero-order valence-corrected chi connectivity index (χ0v) is 8.35. The lowest BCUT2D eigenvalue weighted by atomic mass is 10.2. The summed E-state index contributed by atoms with van der Waals surface area (Å²) < 4.78 is 5.21. The van der Waals surface area contributed by atoms with Crippen molar-refractivity contribution in [3.05, 3.63) is 10.4 Å². The number of carbonyl (C=O) groups is 1. The van der Waals surface area contributed by atoms with Crippen LogP contribution < -0.4 is 0 Å². The fourth-order valence-electron chi connectivity index (χ4n) is 1.67. The lowest BCUT2D eigenvalue weighted by Crippen LogP contribution is -2.24. The van der Waals surface area contributed by atoms with Crippen molar-refractivity contribution in [3.8, 4) is 0 Å². The van der Waals surface area contributed by atoms with Crippen LogP contribution in [-0.2, 0) is 9.53 Å². The highest BCUT2D eigenvalue weighted by atomic mass is 16.5. The molecule has 78 valence electrons. The molecule has 0 heterocycles. The Morgan fingerprint density at radius 2 is 2.43 bits per heavy atom. The molecule has 0 saturated heterocycles. The SMILES string of the molecule is CCCC(=O)OC1CCCC1N=[N+]=[N-]. The van der Waals surface area contributed by atoms with Gasteiger partial charge in [-0.25, -0.2) is 0 Å². The number of carbonyl (C=O) groups excluding carboxylic acids is 1. The second-order valence-corrected chi connectivity index (χ2v) is 3.48. The Morgan fingerprint density at radius 1 is 1.64 bits per heavy atom. The summed E-state index contributed by atoms with van der Waals surface area (Å²) in [5, 5.41) is 3.62. The lowest BCUT2D eigenvalue weighted by Gasteiger charge is -2.15. The van der Waals surface area contributed by atoms with Crippen molar-refractivity contribution in [3.63, 3.8) is 0 Å². The van der Waals surface area contributed by atoms with E-state index in [0.717, 1.165) is 25.7 Å². The molecule has 2 atom stereocenters. The average molecular weight is 197 g/mol. The van der Waals surface area contributed by atoms with Gasteiger partial charge in [-0.1, -0.05) is 12.0 Å². The van der Waals surface area contributed by atoms with Gasteiger partial charge in [0.1, 0.15) is 6.10 Å². The van der Waals surface area contributed by atoms with Crippen LogP contribution in [0.5, 0.6) is 0 Å². The van der Waals surface area contributed by atoms with Gasteiger partial charge in [0, 0.05) is 11.3 Å². The first-order valence-electron chi connectivity index (χ1n) is 5.01. The van der Waals surface area contributed by atoms with E-state index < -0.39 is 0 Å². The van der Waals surface area contributed by atoms with Gasteiger partial charge in [-0.05, 0) is 31.2 Å². The van der Waals surface area contributed by atoms with E-state index in [4.69, 9.17) is 10.3 Å². The van der Waals surface area contributed by atoms with E-state index in [2.05, 4.69) is 10.0 Å². The zero-order valence-electron chi connectivity index (χ0n) is 8.35. The number of rotatable bonds is 4. The van der Waals surface area contributed by atoms with Crippen molar-refractivity contribution >= 4 is 5.97 Å². The minimum absolute atomic E-state index is 0.152. The van der Waals surface area contributed by atoms with Gasteiger partial charge in [-0.15, -0.1) is 0 Å². The van der Waals surface area contributed by atoms with Gasteiger partial charge >= 0.3 is 5.97 Å². The lowest BCUT2D eigenvalue weighted by molar-refractivity contribution is -0.149. The van der Waals surface area contributed by atoms with Crippen molar-refractivity contribution in [1.29, 1.82) is 0 Å². The predicted octanol–water partition coefficient (Wildman–Crippen LogP) is 2.56. The van der Waals surface area contributed by atoms with E-state index in [1.807, 2.05) is 6.92 Å². The third kappa shape index (κ3) is 2.92. The van der Waals surface area contributed by atoms with Crippen molar-refractivity contribution < 1.29 is 9.53 Å². The fourth-order valence-corrected chi connectivity index (χ4v) is 1.67. The van der Waals surface area contributed by atoms with Gasteiger partial charge in [0.2, 0.25) is 0 Å². The minimum atomic E-state index is -0.190. The Morgan fingerprint density at radius 3 is 3.07 bits per heavy atom. The largest absolute Gasteiger partial charge is 0.462 e. The smallest absolute Gasteiger partial charge is 0.306 e. The monoisotopic (exact) mass is 197 g/mol. The van der Waals surface area contributed by atoms with Crippen molar-refractivity contribution in [2.24, 2.45) is 5.11 Å². The van der Waals surface area contributed by atoms with E-state index >= 15 is 0 Å². The van der Waals surface area contributed by atoms with Crippen molar-refractivity contribution in [2.45, 2.75) is 51.2 Å². The van der Waals surface area contributed by atoms with Crippen LogP contribution >= 0.6 is 0 Å². The van der Waals surface area contributed by atoms with Crippen LogP contribution in [0, 0.1) is 0 Å². The molecule has 5 heteroatoms. The molecule has 0 bridgehead atoms. The molecule has 0 aromatic rings. The normalized spacial score (nSPS) is 25.5. The summed E-state index contributed by atoms with van der Waals surface area (Å²) in [5.74, 6) is -0.183. The number of esters is 1. The van der Waals surface area contributed by atoms with E-state index in [0.29, 0.717) is 6.42 Å². The highest BCUT2D eigenvalue weighted by Crippen LogP contribution is 2.25. The highest BCUT2D eigenvalue weighted by Gasteiger charge is 2.29. The van der Waals surface area contributed by atoms with Crippen LogP contribution in [0.3, 0.4) is 0 Å². The summed E-state index contributed by atoms with van der Waals surface area (Å²) in [5.41, 5.74) is 8.30. The highest BCUT2D eigenvalue weighted by molar-refractivity contribution is 5.69. The van der Waals surface area contributed by atoms with E-state index in [9.17, 15) is 4.79 Å². The first-order chi connectivity index (χ1) is 6.77. The van der Waals surface area contributed by atoms with E-state index in [1.165, 1.54) is 0 Å². The van der Waals surface area contributed by atoms with Crippen LogP contribution in [-0.4, -0.2) is 18.1 Å². The first-order valence-corrected chi connectivity index (χ1v) is 5.01. The predicted molar refractivity (Wildman–Crippen MR) is 51.6 cm³/mol. The molecule has 0 spiro atoms. The quantitative estimate of drug-likeness (QED) is 0.300. The number of nitrogens with zero attached hydrogens (tertiary/aromatic N) is 3. The molecule has 1 fully saturated rings. The van der Waals surface area contributed by atoms with Gasteiger partial charge in [0.05, 0.1) is 6.04 Å². The molecular weight excluding hydrogens is 182 g/mol. The number of azide groups is 1. The second-order valence-electron chi connectivity index (χ2n) is 3.48. The number of ether oxygens (including phenoxy) is 1. The molecule has 0 amide bonds. The zero-order chi connectivity index (χ0) is 10.4.